The number of imide groups is 1. The number of hydrogen-bond donors (Lipinski definition) is 1. The van der Waals surface area contributed by atoms with E-state index in [-0.39, 0.29) is 32.7 Å². The van der Waals surface area contributed by atoms with Crippen LogP contribution < -0.4 is 14.8 Å². The van der Waals surface area contributed by atoms with E-state index in [4.69, 9.17) is 32.7 Å². The van der Waals surface area contributed by atoms with Crippen molar-refractivity contribution in [3.63, 3.8) is 0 Å². The van der Waals surface area contributed by atoms with Crippen LogP contribution in [-0.4, -0.2) is 24.8 Å². The molecule has 0 radical (unpaired) electrons. The van der Waals surface area contributed by atoms with Crippen LogP contribution in [0.4, 0.5) is 9.59 Å². The van der Waals surface area contributed by atoms with Crippen LogP contribution in [0.3, 0.4) is 0 Å². The number of ether oxygens (including phenoxy) is 2. The highest BCUT2D eigenvalue weighted by Gasteiger charge is 2.14. The van der Waals surface area contributed by atoms with Gasteiger partial charge in [0.2, 0.25) is 0 Å². The topological polar surface area (TPSA) is 98.8 Å². The highest BCUT2D eigenvalue weighted by Crippen LogP contribution is 2.22. The molecule has 7 nitrogen and oxygen atoms in total. The summed E-state index contributed by atoms with van der Waals surface area (Å²) in [6.45, 7) is 0. The standard InChI is InChI=1S/C16H9Cl2NO6/c17-13-3-1-11(5-9(13)7-20)24-15(22)19-16(23)25-12-2-4-14(18)10(6-12)8-21/h1-8H,(H,19,22,23). The molecule has 0 spiro atoms. The number of benzene rings is 2. The van der Waals surface area contributed by atoms with Crippen molar-refractivity contribution in [2.45, 2.75) is 0 Å². The summed E-state index contributed by atoms with van der Waals surface area (Å²) in [5, 5.41) is 2.20. The fourth-order valence-corrected chi connectivity index (χ4v) is 2.02. The Hall–Kier alpha value is -2.90. The lowest BCUT2D eigenvalue weighted by molar-refractivity contribution is 0.111. The lowest BCUT2D eigenvalue weighted by Crippen LogP contribution is -2.35. The van der Waals surface area contributed by atoms with Gasteiger partial charge in [-0.3, -0.25) is 9.59 Å². The number of rotatable bonds is 4. The van der Waals surface area contributed by atoms with Gasteiger partial charge >= 0.3 is 12.2 Å². The number of aldehydes is 2. The zero-order chi connectivity index (χ0) is 18.4. The van der Waals surface area contributed by atoms with Gasteiger partial charge in [0.1, 0.15) is 11.5 Å². The molecule has 2 aromatic rings. The molecule has 0 saturated heterocycles. The SMILES string of the molecule is O=Cc1cc(OC(=O)NC(=O)Oc2ccc(Cl)c(C=O)c2)ccc1Cl. The van der Waals surface area contributed by atoms with Gasteiger partial charge < -0.3 is 9.47 Å². The van der Waals surface area contributed by atoms with E-state index in [1.165, 1.54) is 36.4 Å². The molecule has 0 fully saturated rings. The van der Waals surface area contributed by atoms with Gasteiger partial charge in [-0.1, -0.05) is 23.2 Å². The van der Waals surface area contributed by atoms with Crippen molar-refractivity contribution < 1.29 is 28.7 Å². The Kier molecular flexibility index (Phi) is 6.10. The molecule has 128 valence electrons. The Bertz CT molecular complexity index is 783. The van der Waals surface area contributed by atoms with Crippen molar-refractivity contribution in [1.29, 1.82) is 0 Å². The summed E-state index contributed by atoms with van der Waals surface area (Å²) < 4.78 is 9.68. The Morgan fingerprint density at radius 3 is 1.56 bits per heavy atom. The molecule has 0 aliphatic heterocycles. The van der Waals surface area contributed by atoms with Crippen molar-refractivity contribution in [2.75, 3.05) is 0 Å². The summed E-state index contributed by atoms with van der Waals surface area (Å²) in [7, 11) is 0. The van der Waals surface area contributed by atoms with E-state index in [9.17, 15) is 19.2 Å². The number of nitrogens with one attached hydrogen (secondary N) is 1. The van der Waals surface area contributed by atoms with Gasteiger partial charge in [0, 0.05) is 11.1 Å². The van der Waals surface area contributed by atoms with Crippen LogP contribution in [0.25, 0.3) is 0 Å². The van der Waals surface area contributed by atoms with Gasteiger partial charge in [-0.25, -0.2) is 14.9 Å². The molecule has 2 rings (SSSR count). The lowest BCUT2D eigenvalue weighted by Gasteiger charge is -2.08. The Balaban J connectivity index is 1.97. The van der Waals surface area contributed by atoms with Gasteiger partial charge in [-0.2, -0.15) is 0 Å². The van der Waals surface area contributed by atoms with Crippen LogP contribution in [0, 0.1) is 0 Å². The third-order valence-electron chi connectivity index (χ3n) is 2.81. The first-order chi connectivity index (χ1) is 11.9. The van der Waals surface area contributed by atoms with Crippen LogP contribution in [0.5, 0.6) is 11.5 Å². The molecule has 0 atom stereocenters. The molecule has 1 N–H and O–H groups in total. The van der Waals surface area contributed by atoms with E-state index in [0.717, 1.165) is 0 Å². The van der Waals surface area contributed by atoms with Crippen molar-refractivity contribution >= 4 is 48.0 Å². The molecule has 0 aliphatic carbocycles. The minimum Gasteiger partial charge on any atom is -0.410 e. The number of carbonyl (C=O) groups is 4. The summed E-state index contributed by atoms with van der Waals surface area (Å²) in [4.78, 5) is 44.8. The first kappa shape index (κ1) is 18.4. The summed E-state index contributed by atoms with van der Waals surface area (Å²) in [6.07, 6.45) is -1.28. The molecule has 2 amide bonds. The second kappa shape index (κ2) is 8.27. The molecule has 0 saturated carbocycles. The van der Waals surface area contributed by atoms with Crippen LogP contribution in [-0.2, 0) is 0 Å². The van der Waals surface area contributed by atoms with Crippen molar-refractivity contribution in [2.24, 2.45) is 0 Å². The number of amides is 2. The predicted octanol–water partition coefficient (Wildman–Crippen LogP) is 3.91. The normalized spacial score (nSPS) is 9.84. The van der Waals surface area contributed by atoms with Gasteiger partial charge in [0.25, 0.3) is 0 Å². The Labute approximate surface area is 151 Å². The highest BCUT2D eigenvalue weighted by molar-refractivity contribution is 6.33. The molecule has 2 aromatic carbocycles. The summed E-state index contributed by atoms with van der Waals surface area (Å²) >= 11 is 11.5. The minimum atomic E-state index is -1.13. The van der Waals surface area contributed by atoms with E-state index in [2.05, 4.69) is 0 Å². The average molecular weight is 382 g/mol. The van der Waals surface area contributed by atoms with Crippen molar-refractivity contribution in [3.8, 4) is 11.5 Å². The summed E-state index contributed by atoms with van der Waals surface area (Å²) in [6, 6.07) is 7.87. The highest BCUT2D eigenvalue weighted by atomic mass is 35.5. The second-order valence-corrected chi connectivity index (χ2v) is 5.32. The fraction of sp³-hybridized carbons (Fsp3) is 0. The quantitative estimate of drug-likeness (QED) is 0.806. The molecular weight excluding hydrogens is 373 g/mol. The zero-order valence-corrected chi connectivity index (χ0v) is 13.8. The molecule has 9 heteroatoms. The number of hydrogen-bond acceptors (Lipinski definition) is 6. The lowest BCUT2D eigenvalue weighted by atomic mass is 10.2. The van der Waals surface area contributed by atoms with E-state index in [1.54, 1.807) is 0 Å². The zero-order valence-electron chi connectivity index (χ0n) is 12.3. The van der Waals surface area contributed by atoms with E-state index >= 15 is 0 Å². The molecule has 25 heavy (non-hydrogen) atoms. The first-order valence-corrected chi connectivity index (χ1v) is 7.38. The maximum atomic E-state index is 11.6. The first-order valence-electron chi connectivity index (χ1n) is 6.63. The van der Waals surface area contributed by atoms with Gasteiger partial charge in [-0.05, 0) is 36.4 Å². The van der Waals surface area contributed by atoms with Crippen LogP contribution in [0.15, 0.2) is 36.4 Å². The number of carbonyl (C=O) groups excluding carboxylic acids is 4. The molecule has 0 aromatic heterocycles. The maximum Gasteiger partial charge on any atom is 0.422 e. The van der Waals surface area contributed by atoms with Crippen molar-refractivity contribution in [1.82, 2.24) is 5.32 Å². The second-order valence-electron chi connectivity index (χ2n) is 4.51. The predicted molar refractivity (Wildman–Crippen MR) is 88.9 cm³/mol. The molecule has 0 bridgehead atoms. The molecule has 0 unspecified atom stereocenters. The van der Waals surface area contributed by atoms with E-state index in [1.807, 2.05) is 5.32 Å². The Morgan fingerprint density at radius 2 is 1.20 bits per heavy atom. The average Bonchev–Trinajstić information content (AvgIpc) is 2.58. The third kappa shape index (κ3) is 5.03. The molecule has 0 heterocycles. The van der Waals surface area contributed by atoms with E-state index in [0.29, 0.717) is 12.6 Å². The van der Waals surface area contributed by atoms with Crippen LogP contribution in [0.1, 0.15) is 20.7 Å². The smallest absolute Gasteiger partial charge is 0.410 e. The van der Waals surface area contributed by atoms with Gasteiger partial charge in [0.15, 0.2) is 12.6 Å². The molecule has 0 aliphatic rings. The Morgan fingerprint density at radius 1 is 0.800 bits per heavy atom. The number of halogens is 2. The van der Waals surface area contributed by atoms with Gasteiger partial charge in [-0.15, -0.1) is 0 Å². The van der Waals surface area contributed by atoms with Gasteiger partial charge in [0.05, 0.1) is 10.0 Å². The summed E-state index contributed by atoms with van der Waals surface area (Å²) in [5.74, 6) is 0.0121. The maximum absolute atomic E-state index is 11.6. The van der Waals surface area contributed by atoms with Crippen LogP contribution >= 0.6 is 23.2 Å². The molecular formula is C16H9Cl2NO6. The fourth-order valence-electron chi connectivity index (χ4n) is 1.70. The minimum absolute atomic E-state index is 0.00605. The monoisotopic (exact) mass is 381 g/mol. The van der Waals surface area contributed by atoms with E-state index < -0.39 is 12.2 Å². The van der Waals surface area contributed by atoms with Crippen molar-refractivity contribution in [3.05, 3.63) is 57.6 Å². The third-order valence-corrected chi connectivity index (χ3v) is 3.50. The van der Waals surface area contributed by atoms with Crippen LogP contribution in [0.2, 0.25) is 10.0 Å². The summed E-state index contributed by atoms with van der Waals surface area (Å²) in [5.41, 5.74) is 0.245. The largest absolute Gasteiger partial charge is 0.422 e.